The molecule has 0 saturated carbocycles. The van der Waals surface area contributed by atoms with E-state index in [2.05, 4.69) is 21.7 Å². The van der Waals surface area contributed by atoms with Crippen LogP contribution in [0.15, 0.2) is 22.7 Å². The smallest absolute Gasteiger partial charge is 0.0177 e. The van der Waals surface area contributed by atoms with E-state index in [1.165, 1.54) is 0 Å². The lowest BCUT2D eigenvalue weighted by atomic mass is 10.5. The molecule has 0 aromatic carbocycles. The van der Waals surface area contributed by atoms with Gasteiger partial charge in [0.1, 0.15) is 0 Å². The molecular weight excluding hydrogens is 104 g/mol. The topological polar surface area (TPSA) is 62.8 Å². The first-order valence-electron chi connectivity index (χ1n) is 2.42. The van der Waals surface area contributed by atoms with Gasteiger partial charge in [-0.3, -0.25) is 5.43 Å². The first-order chi connectivity index (χ1) is 3.91. The summed E-state index contributed by atoms with van der Waals surface area (Å²) in [6.45, 7) is 2.03. The molecule has 0 fully saturated rings. The molecule has 0 aromatic rings. The summed E-state index contributed by atoms with van der Waals surface area (Å²) in [6, 6.07) is 0. The fourth-order valence-corrected chi connectivity index (χ4v) is 0.237. The van der Waals surface area contributed by atoms with Gasteiger partial charge in [-0.1, -0.05) is 23.4 Å². The SMILES string of the molecule is CCC=CNN=NN. The van der Waals surface area contributed by atoms with Gasteiger partial charge >= 0.3 is 0 Å². The Balaban J connectivity index is 3.03. The maximum absolute atomic E-state index is 4.67. The second-order valence-corrected chi connectivity index (χ2v) is 1.16. The van der Waals surface area contributed by atoms with Crippen LogP contribution in [0.4, 0.5) is 0 Å². The third-order valence-electron chi connectivity index (χ3n) is 0.544. The Labute approximate surface area is 48.4 Å². The molecule has 4 heteroatoms. The van der Waals surface area contributed by atoms with Crippen LogP contribution >= 0.6 is 0 Å². The van der Waals surface area contributed by atoms with Crippen LogP contribution in [-0.2, 0) is 0 Å². The zero-order chi connectivity index (χ0) is 6.24. The van der Waals surface area contributed by atoms with Crippen molar-refractivity contribution in [2.75, 3.05) is 0 Å². The van der Waals surface area contributed by atoms with Crippen molar-refractivity contribution < 1.29 is 0 Å². The van der Waals surface area contributed by atoms with Crippen molar-refractivity contribution in [3.63, 3.8) is 0 Å². The number of hydrogen-bond acceptors (Lipinski definition) is 2. The molecular formula is C4H10N4. The summed E-state index contributed by atoms with van der Waals surface area (Å²) in [4.78, 5) is 0. The summed E-state index contributed by atoms with van der Waals surface area (Å²) < 4.78 is 0. The summed E-state index contributed by atoms with van der Waals surface area (Å²) in [7, 11) is 0. The van der Waals surface area contributed by atoms with Gasteiger partial charge in [0.15, 0.2) is 0 Å². The first-order valence-corrected chi connectivity index (χ1v) is 2.42. The van der Waals surface area contributed by atoms with E-state index in [0.29, 0.717) is 0 Å². The van der Waals surface area contributed by atoms with E-state index in [0.717, 1.165) is 6.42 Å². The van der Waals surface area contributed by atoms with Gasteiger partial charge in [-0.25, -0.2) is 0 Å². The number of nitrogens with two attached hydrogens (primary N) is 1. The van der Waals surface area contributed by atoms with E-state index in [1.54, 1.807) is 6.20 Å². The zero-order valence-electron chi connectivity index (χ0n) is 4.83. The Kier molecular flexibility index (Phi) is 5.15. The molecule has 0 unspecified atom stereocenters. The predicted octanol–water partition coefficient (Wildman–Crippen LogP) is 0.741. The lowest BCUT2D eigenvalue weighted by Crippen LogP contribution is -1.92. The minimum Gasteiger partial charge on any atom is -0.303 e. The molecule has 46 valence electrons. The quantitative estimate of drug-likeness (QED) is 0.323. The Morgan fingerprint density at radius 3 is 3.00 bits per heavy atom. The molecule has 0 bridgehead atoms. The third-order valence-corrected chi connectivity index (χ3v) is 0.544. The van der Waals surface area contributed by atoms with Crippen LogP contribution in [0, 0.1) is 0 Å². The van der Waals surface area contributed by atoms with E-state index in [-0.39, 0.29) is 0 Å². The molecule has 0 spiro atoms. The molecule has 0 radical (unpaired) electrons. The molecule has 0 aliphatic rings. The van der Waals surface area contributed by atoms with Crippen molar-refractivity contribution >= 4 is 0 Å². The van der Waals surface area contributed by atoms with Gasteiger partial charge in [-0.15, -0.1) is 0 Å². The highest BCUT2D eigenvalue weighted by Crippen LogP contribution is 1.74. The Bertz CT molecular complexity index is 86.0. The normalized spacial score (nSPS) is 11.1. The fourth-order valence-electron chi connectivity index (χ4n) is 0.237. The second kappa shape index (κ2) is 5.94. The van der Waals surface area contributed by atoms with Gasteiger partial charge in [-0.05, 0) is 6.42 Å². The Morgan fingerprint density at radius 1 is 1.75 bits per heavy atom. The highest BCUT2D eigenvalue weighted by atomic mass is 15.5. The van der Waals surface area contributed by atoms with E-state index >= 15 is 0 Å². The lowest BCUT2D eigenvalue weighted by molar-refractivity contribution is 0.819. The summed E-state index contributed by atoms with van der Waals surface area (Å²) in [5.41, 5.74) is 2.49. The molecule has 8 heavy (non-hydrogen) atoms. The van der Waals surface area contributed by atoms with Crippen LogP contribution in [0.3, 0.4) is 0 Å². The number of rotatable bonds is 3. The molecule has 0 aliphatic heterocycles. The maximum Gasteiger partial charge on any atom is 0.0177 e. The van der Waals surface area contributed by atoms with Crippen LogP contribution in [-0.4, -0.2) is 0 Å². The van der Waals surface area contributed by atoms with Crippen molar-refractivity contribution in [3.05, 3.63) is 12.3 Å². The number of allylic oxidation sites excluding steroid dienone is 1. The molecule has 0 heterocycles. The summed E-state index contributed by atoms with van der Waals surface area (Å²) in [6.07, 6.45) is 4.57. The number of nitrogens with one attached hydrogen (secondary N) is 1. The van der Waals surface area contributed by atoms with Crippen LogP contribution < -0.4 is 11.3 Å². The average Bonchev–Trinajstić information content (AvgIpc) is 1.81. The van der Waals surface area contributed by atoms with Gasteiger partial charge in [0.05, 0.1) is 0 Å². The highest BCUT2D eigenvalue weighted by molar-refractivity contribution is 4.74. The van der Waals surface area contributed by atoms with Crippen molar-refractivity contribution in [2.24, 2.45) is 16.3 Å². The molecule has 0 atom stereocenters. The zero-order valence-corrected chi connectivity index (χ0v) is 4.83. The van der Waals surface area contributed by atoms with Gasteiger partial charge in [0.25, 0.3) is 0 Å². The number of nitrogens with zero attached hydrogens (tertiary/aromatic N) is 2. The van der Waals surface area contributed by atoms with Gasteiger partial charge in [0, 0.05) is 6.20 Å². The molecule has 3 N–H and O–H groups in total. The number of hydrogen-bond donors (Lipinski definition) is 2. The minimum atomic E-state index is 0.979. The van der Waals surface area contributed by atoms with Crippen molar-refractivity contribution in [2.45, 2.75) is 13.3 Å². The Hall–Kier alpha value is -1.06. The van der Waals surface area contributed by atoms with Crippen molar-refractivity contribution in [3.8, 4) is 0 Å². The maximum atomic E-state index is 4.67. The standard InChI is InChI=1S/C4H10N4/c1-2-3-4-6-8-7-5/h3-4H,2H2,1H3,(H2,5,8)(H,6,7). The van der Waals surface area contributed by atoms with Crippen molar-refractivity contribution in [1.29, 1.82) is 0 Å². The second-order valence-electron chi connectivity index (χ2n) is 1.16. The fraction of sp³-hybridized carbons (Fsp3) is 0.500. The van der Waals surface area contributed by atoms with Crippen LogP contribution in [0.1, 0.15) is 13.3 Å². The van der Waals surface area contributed by atoms with Crippen LogP contribution in [0.2, 0.25) is 0 Å². The molecule has 0 saturated heterocycles. The minimum absolute atomic E-state index is 0.979. The molecule has 0 rings (SSSR count). The van der Waals surface area contributed by atoms with E-state index in [9.17, 15) is 0 Å². The highest BCUT2D eigenvalue weighted by Gasteiger charge is 1.62. The third kappa shape index (κ3) is 4.94. The van der Waals surface area contributed by atoms with E-state index in [4.69, 9.17) is 0 Å². The summed E-state index contributed by atoms with van der Waals surface area (Å²) in [5.74, 6) is 4.67. The van der Waals surface area contributed by atoms with Gasteiger partial charge in [-0.2, -0.15) is 0 Å². The largest absolute Gasteiger partial charge is 0.303 e. The van der Waals surface area contributed by atoms with E-state index in [1.807, 2.05) is 13.0 Å². The summed E-state index contributed by atoms with van der Waals surface area (Å²) >= 11 is 0. The van der Waals surface area contributed by atoms with E-state index < -0.39 is 0 Å². The van der Waals surface area contributed by atoms with Gasteiger partial charge in [0.2, 0.25) is 0 Å². The molecule has 0 amide bonds. The predicted molar refractivity (Wildman–Crippen MR) is 31.6 cm³/mol. The Morgan fingerprint density at radius 2 is 2.50 bits per heavy atom. The lowest BCUT2D eigenvalue weighted by Gasteiger charge is -1.81. The first kappa shape index (κ1) is 6.94. The molecule has 0 aliphatic carbocycles. The van der Waals surface area contributed by atoms with Crippen LogP contribution in [0.5, 0.6) is 0 Å². The molecule has 0 aromatic heterocycles. The molecule has 4 nitrogen and oxygen atoms in total. The average molecular weight is 114 g/mol. The summed E-state index contributed by atoms with van der Waals surface area (Å²) in [5, 5.41) is 6.25. The van der Waals surface area contributed by atoms with Gasteiger partial charge < -0.3 is 5.84 Å². The van der Waals surface area contributed by atoms with Crippen LogP contribution in [0.25, 0.3) is 0 Å². The van der Waals surface area contributed by atoms with Crippen molar-refractivity contribution in [1.82, 2.24) is 5.43 Å². The monoisotopic (exact) mass is 114 g/mol.